The summed E-state index contributed by atoms with van der Waals surface area (Å²) in [5.74, 6) is 0. The maximum atomic E-state index is 9.96. The number of aliphatic hydroxyl groups excluding tert-OH is 1. The van der Waals surface area contributed by atoms with E-state index in [1.807, 2.05) is 0 Å². The van der Waals surface area contributed by atoms with Crippen molar-refractivity contribution in [3.63, 3.8) is 0 Å². The summed E-state index contributed by atoms with van der Waals surface area (Å²) in [5, 5.41) is 14.0. The second-order valence-corrected chi connectivity index (χ2v) is 5.69. The van der Waals surface area contributed by atoms with Crippen molar-refractivity contribution in [3.8, 4) is 0 Å². The molecule has 1 aromatic heterocycles. The molecule has 1 N–H and O–H groups in total. The predicted octanol–water partition coefficient (Wildman–Crippen LogP) is 0.796. The number of piperidine rings is 1. The molecule has 2 rings (SSSR count). The van der Waals surface area contributed by atoms with E-state index in [1.54, 1.807) is 31.6 Å². The van der Waals surface area contributed by atoms with E-state index in [-0.39, 0.29) is 11.8 Å². The Labute approximate surface area is 135 Å². The summed E-state index contributed by atoms with van der Waals surface area (Å²) in [7, 11) is 1.56. The summed E-state index contributed by atoms with van der Waals surface area (Å²) < 4.78 is 1.51. The van der Waals surface area contributed by atoms with E-state index in [9.17, 15) is 5.11 Å². The molecule has 1 aromatic rings. The molecule has 0 spiro atoms. The molecule has 0 amide bonds. The average molecular weight is 329 g/mol. The number of oxime groups is 1. The molecule has 0 saturated carbocycles. The third-order valence-corrected chi connectivity index (χ3v) is 3.84. The summed E-state index contributed by atoms with van der Waals surface area (Å²) in [6.45, 7) is 2.83. The smallest absolute Gasteiger partial charge is 0.232 e. The van der Waals surface area contributed by atoms with Crippen LogP contribution >= 0.6 is 11.6 Å². The van der Waals surface area contributed by atoms with Crippen LogP contribution in [0.25, 0.3) is 0 Å². The molecular weight excluding hydrogens is 306 g/mol. The Balaban J connectivity index is 1.77. The van der Waals surface area contributed by atoms with Gasteiger partial charge >= 0.3 is 0 Å². The van der Waals surface area contributed by atoms with Gasteiger partial charge in [-0.05, 0) is 32.0 Å². The van der Waals surface area contributed by atoms with E-state index in [0.717, 1.165) is 13.1 Å². The monoisotopic (exact) mass is 328 g/mol. The van der Waals surface area contributed by atoms with Crippen LogP contribution in [0.3, 0.4) is 0 Å². The summed E-state index contributed by atoms with van der Waals surface area (Å²) in [4.78, 5) is 12.5. The first-order valence-corrected chi connectivity index (χ1v) is 7.89. The molecule has 7 heteroatoms. The highest BCUT2D eigenvalue weighted by atomic mass is 35.5. The molecule has 22 heavy (non-hydrogen) atoms. The maximum Gasteiger partial charge on any atom is 0.232 e. The molecule has 0 radical (unpaired) electrons. The summed E-state index contributed by atoms with van der Waals surface area (Å²) in [6, 6.07) is 3.59. The third kappa shape index (κ3) is 5.44. The first-order chi connectivity index (χ1) is 10.7. The van der Waals surface area contributed by atoms with E-state index in [4.69, 9.17) is 21.3 Å². The van der Waals surface area contributed by atoms with Gasteiger partial charge in [0, 0.05) is 17.3 Å². The Morgan fingerprint density at radius 1 is 1.45 bits per heavy atom. The van der Waals surface area contributed by atoms with Gasteiger partial charge in [0.1, 0.15) is 19.8 Å². The molecule has 122 valence electrons. The fourth-order valence-corrected chi connectivity index (χ4v) is 2.58. The number of likely N-dealkylation sites (tertiary alicyclic amines) is 1. The Kier molecular flexibility index (Phi) is 6.89. The van der Waals surface area contributed by atoms with Gasteiger partial charge in [0.05, 0.1) is 5.56 Å². The minimum atomic E-state index is -0.564. The fourth-order valence-electron chi connectivity index (χ4n) is 2.42. The molecule has 1 aliphatic heterocycles. The molecule has 1 atom stereocenters. The van der Waals surface area contributed by atoms with Gasteiger partial charge in [0.2, 0.25) is 12.4 Å². The highest BCUT2D eigenvalue weighted by Crippen LogP contribution is 2.09. The lowest BCUT2D eigenvalue weighted by Crippen LogP contribution is -2.40. The molecule has 0 aromatic carbocycles. The molecule has 2 heterocycles. The van der Waals surface area contributed by atoms with Crippen LogP contribution in [0.5, 0.6) is 0 Å². The maximum absolute atomic E-state index is 9.96. The largest absolute Gasteiger partial charge is 0.392 e. The zero-order valence-electron chi connectivity index (χ0n) is 12.8. The number of hydrogen-bond acceptors (Lipinski definition) is 5. The number of hydrogen-bond donors (Lipinski definition) is 1. The topological polar surface area (TPSA) is 58.2 Å². The lowest BCUT2D eigenvalue weighted by atomic mass is 10.1. The zero-order valence-corrected chi connectivity index (χ0v) is 13.6. The molecule has 0 bridgehead atoms. The van der Waals surface area contributed by atoms with Crippen molar-refractivity contribution in [1.82, 2.24) is 4.90 Å². The first-order valence-electron chi connectivity index (χ1n) is 7.51. The number of β-amino-alcohol motifs (C(OH)–C–C–N with tert-alkyl or cyclic N) is 1. The van der Waals surface area contributed by atoms with Crippen molar-refractivity contribution in [2.45, 2.75) is 25.4 Å². The number of halogens is 1. The van der Waals surface area contributed by atoms with Crippen LogP contribution in [0.1, 0.15) is 24.8 Å². The van der Waals surface area contributed by atoms with E-state index >= 15 is 0 Å². The van der Waals surface area contributed by atoms with Crippen molar-refractivity contribution in [3.05, 3.63) is 30.1 Å². The molecule has 1 aliphatic rings. The van der Waals surface area contributed by atoms with Crippen LogP contribution in [-0.4, -0.2) is 54.6 Å². The van der Waals surface area contributed by atoms with Crippen molar-refractivity contribution in [2.24, 2.45) is 5.16 Å². The number of nitrogens with zero attached hydrogens (tertiary/aromatic N) is 3. The lowest BCUT2D eigenvalue weighted by molar-refractivity contribution is -0.885. The van der Waals surface area contributed by atoms with Crippen LogP contribution in [0, 0.1) is 0 Å². The Hall–Kier alpha value is -1.37. The minimum absolute atomic E-state index is 0.129. The number of rotatable bonds is 7. The summed E-state index contributed by atoms with van der Waals surface area (Å²) in [5.41, 5.74) is 0.677. The van der Waals surface area contributed by atoms with Crippen molar-refractivity contribution >= 4 is 16.8 Å². The highest BCUT2D eigenvalue weighted by molar-refractivity contribution is 6.69. The molecular formula is C15H23ClN3O3+. The summed E-state index contributed by atoms with van der Waals surface area (Å²) >= 11 is 6.07. The second-order valence-electron chi connectivity index (χ2n) is 5.33. The quantitative estimate of drug-likeness (QED) is 0.457. The zero-order chi connectivity index (χ0) is 15.8. The van der Waals surface area contributed by atoms with Gasteiger partial charge in [-0.1, -0.05) is 23.2 Å². The third-order valence-electron chi connectivity index (χ3n) is 3.55. The van der Waals surface area contributed by atoms with E-state index in [1.165, 1.54) is 24.0 Å². The van der Waals surface area contributed by atoms with Gasteiger partial charge in [-0.2, -0.15) is 0 Å². The van der Waals surface area contributed by atoms with Crippen LogP contribution in [0.4, 0.5) is 0 Å². The van der Waals surface area contributed by atoms with Crippen molar-refractivity contribution < 1.29 is 19.5 Å². The van der Waals surface area contributed by atoms with Gasteiger partial charge in [-0.15, -0.1) is 0 Å². The molecule has 6 nitrogen and oxygen atoms in total. The number of aliphatic hydroxyl groups is 1. The van der Waals surface area contributed by atoms with Crippen LogP contribution < -0.4 is 9.57 Å². The highest BCUT2D eigenvalue weighted by Gasteiger charge is 2.15. The van der Waals surface area contributed by atoms with Crippen LogP contribution in [0.2, 0.25) is 0 Å². The normalized spacial score (nSPS) is 18.0. The second kappa shape index (κ2) is 8.92. The lowest BCUT2D eigenvalue weighted by Gasteiger charge is -2.27. The molecule has 1 fully saturated rings. The van der Waals surface area contributed by atoms with Gasteiger partial charge in [-0.3, -0.25) is 4.84 Å². The fraction of sp³-hybridized carbons (Fsp3) is 0.600. The van der Waals surface area contributed by atoms with Gasteiger partial charge < -0.3 is 14.8 Å². The van der Waals surface area contributed by atoms with E-state index in [0.29, 0.717) is 12.1 Å². The van der Waals surface area contributed by atoms with Gasteiger partial charge in [0.25, 0.3) is 0 Å². The van der Waals surface area contributed by atoms with Crippen LogP contribution in [-0.2, 0) is 4.84 Å². The SMILES string of the molecule is CO[n+]1cccc(/C(Cl)=N/OCC(O)CN2CCCCC2)c1. The average Bonchev–Trinajstić information content (AvgIpc) is 2.55. The van der Waals surface area contributed by atoms with Crippen molar-refractivity contribution in [1.29, 1.82) is 0 Å². The Bertz CT molecular complexity index is 493. The Morgan fingerprint density at radius 3 is 2.95 bits per heavy atom. The van der Waals surface area contributed by atoms with Crippen LogP contribution in [0.15, 0.2) is 29.7 Å². The number of pyridine rings is 1. The van der Waals surface area contributed by atoms with E-state index in [2.05, 4.69) is 10.1 Å². The predicted molar refractivity (Wildman–Crippen MR) is 83.8 cm³/mol. The molecule has 0 aliphatic carbocycles. The first kappa shape index (κ1) is 17.0. The minimum Gasteiger partial charge on any atom is -0.392 e. The Morgan fingerprint density at radius 2 is 2.23 bits per heavy atom. The van der Waals surface area contributed by atoms with Gasteiger partial charge in [-0.25, -0.2) is 0 Å². The molecule has 1 unspecified atom stereocenters. The van der Waals surface area contributed by atoms with Crippen molar-refractivity contribution in [2.75, 3.05) is 33.4 Å². The summed E-state index contributed by atoms with van der Waals surface area (Å²) in [6.07, 6.45) is 6.56. The number of aromatic nitrogens is 1. The molecule has 1 saturated heterocycles. The standard InChI is InChI=1S/C15H23ClN3O3/c1-21-19-9-5-6-13(10-19)15(16)17-22-12-14(20)11-18-7-3-2-4-8-18/h5-6,9-10,14,20H,2-4,7-8,11-12H2,1H3/q+1/b17-15-. The van der Waals surface area contributed by atoms with Gasteiger partial charge in [0.15, 0.2) is 5.17 Å². The van der Waals surface area contributed by atoms with E-state index < -0.39 is 6.10 Å².